The molecule has 0 aliphatic carbocycles. The lowest BCUT2D eigenvalue weighted by atomic mass is 9.98. The third kappa shape index (κ3) is 4.16. The first-order valence-electron chi connectivity index (χ1n) is 4.60. The molecule has 0 fully saturated rings. The quantitative estimate of drug-likeness (QED) is 0.467. The normalized spacial score (nSPS) is 13.5. The fourth-order valence-electron chi connectivity index (χ4n) is 1.39. The summed E-state index contributed by atoms with van der Waals surface area (Å²) < 4.78 is -1.30. The maximum atomic E-state index is 10.5. The second-order valence-electron chi connectivity index (χ2n) is 3.57. The molecule has 1 aromatic carbocycles. The van der Waals surface area contributed by atoms with E-state index in [1.807, 2.05) is 6.92 Å². The third-order valence-electron chi connectivity index (χ3n) is 2.21. The van der Waals surface area contributed by atoms with E-state index in [4.69, 9.17) is 34.8 Å². The molecule has 88 valence electrons. The average molecular weight is 283 g/mol. The van der Waals surface area contributed by atoms with Crippen molar-refractivity contribution in [2.75, 3.05) is 0 Å². The first-order chi connectivity index (χ1) is 7.29. The van der Waals surface area contributed by atoms with E-state index in [1.54, 1.807) is 12.1 Å². The van der Waals surface area contributed by atoms with Gasteiger partial charge in [-0.25, -0.2) is 0 Å². The van der Waals surface area contributed by atoms with Crippen LogP contribution < -0.4 is 0 Å². The SMILES string of the molecule is CC(CC(Cl)(Cl)Cl)c1ccc([N+](=O)[O-])cc1. The molecular weight excluding hydrogens is 272 g/mol. The van der Waals surface area contributed by atoms with Gasteiger partial charge < -0.3 is 0 Å². The van der Waals surface area contributed by atoms with Gasteiger partial charge in [0.1, 0.15) is 0 Å². The van der Waals surface area contributed by atoms with Crippen molar-refractivity contribution >= 4 is 40.5 Å². The predicted molar refractivity (Wildman–Crippen MR) is 66.4 cm³/mol. The molecule has 0 amide bonds. The van der Waals surface area contributed by atoms with Gasteiger partial charge in [0.05, 0.1) is 4.92 Å². The van der Waals surface area contributed by atoms with Crippen LogP contribution in [0.4, 0.5) is 5.69 Å². The minimum atomic E-state index is -1.30. The van der Waals surface area contributed by atoms with Gasteiger partial charge in [-0.3, -0.25) is 10.1 Å². The Morgan fingerprint density at radius 3 is 2.19 bits per heavy atom. The number of nitrogens with zero attached hydrogens (tertiary/aromatic N) is 1. The largest absolute Gasteiger partial charge is 0.269 e. The van der Waals surface area contributed by atoms with Gasteiger partial charge in [0.15, 0.2) is 3.79 Å². The van der Waals surface area contributed by atoms with Crippen LogP contribution in [0.15, 0.2) is 24.3 Å². The van der Waals surface area contributed by atoms with Crippen LogP contribution in [-0.4, -0.2) is 8.72 Å². The monoisotopic (exact) mass is 281 g/mol. The topological polar surface area (TPSA) is 43.1 Å². The van der Waals surface area contributed by atoms with E-state index in [1.165, 1.54) is 12.1 Å². The lowest BCUT2D eigenvalue weighted by Crippen LogP contribution is -2.07. The summed E-state index contributed by atoms with van der Waals surface area (Å²) in [5, 5.41) is 10.5. The molecule has 1 aromatic rings. The van der Waals surface area contributed by atoms with Gasteiger partial charge in [0.25, 0.3) is 5.69 Å². The van der Waals surface area contributed by atoms with Crippen molar-refractivity contribution in [3.63, 3.8) is 0 Å². The summed E-state index contributed by atoms with van der Waals surface area (Å²) in [5.41, 5.74) is 0.974. The van der Waals surface area contributed by atoms with Gasteiger partial charge in [-0.1, -0.05) is 53.9 Å². The van der Waals surface area contributed by atoms with Gasteiger partial charge >= 0.3 is 0 Å². The fourth-order valence-corrected chi connectivity index (χ4v) is 2.08. The summed E-state index contributed by atoms with van der Waals surface area (Å²) in [6.45, 7) is 1.91. The first-order valence-corrected chi connectivity index (χ1v) is 5.74. The van der Waals surface area contributed by atoms with Crippen LogP contribution in [0.5, 0.6) is 0 Å². The second kappa shape index (κ2) is 5.21. The number of hydrogen-bond donors (Lipinski definition) is 0. The molecule has 1 unspecified atom stereocenters. The average Bonchev–Trinajstić information content (AvgIpc) is 2.15. The number of rotatable bonds is 3. The number of non-ortho nitro benzene ring substituents is 1. The summed E-state index contributed by atoms with van der Waals surface area (Å²) in [5.74, 6) is 0.0355. The summed E-state index contributed by atoms with van der Waals surface area (Å²) in [6.07, 6.45) is 0.371. The number of nitro benzene ring substituents is 1. The number of halogens is 3. The minimum absolute atomic E-state index is 0.0355. The smallest absolute Gasteiger partial charge is 0.258 e. The molecule has 0 N–H and O–H groups in total. The van der Waals surface area contributed by atoms with Gasteiger partial charge in [-0.05, 0) is 11.5 Å². The Morgan fingerprint density at radius 2 is 1.81 bits per heavy atom. The number of hydrogen-bond acceptors (Lipinski definition) is 2. The van der Waals surface area contributed by atoms with E-state index in [9.17, 15) is 10.1 Å². The number of nitro groups is 1. The highest BCUT2D eigenvalue weighted by Crippen LogP contribution is 2.37. The standard InChI is InChI=1S/C10H10Cl3NO2/c1-7(6-10(11,12)13)8-2-4-9(5-3-8)14(15)16/h2-5,7H,6H2,1H3. The van der Waals surface area contributed by atoms with Gasteiger partial charge in [-0.15, -0.1) is 0 Å². The predicted octanol–water partition coefficient (Wildman–Crippen LogP) is 4.46. The Balaban J connectivity index is 2.78. The highest BCUT2D eigenvalue weighted by molar-refractivity contribution is 6.67. The fraction of sp³-hybridized carbons (Fsp3) is 0.400. The number of benzene rings is 1. The molecule has 0 bridgehead atoms. The van der Waals surface area contributed by atoms with Crippen molar-refractivity contribution in [1.82, 2.24) is 0 Å². The lowest BCUT2D eigenvalue weighted by molar-refractivity contribution is -0.384. The summed E-state index contributed by atoms with van der Waals surface area (Å²) >= 11 is 17.0. The van der Waals surface area contributed by atoms with Crippen molar-refractivity contribution in [2.45, 2.75) is 23.1 Å². The Bertz CT molecular complexity index is 373. The summed E-state index contributed by atoms with van der Waals surface area (Å²) in [4.78, 5) is 10.0. The van der Waals surface area contributed by atoms with Crippen LogP contribution in [-0.2, 0) is 0 Å². The summed E-state index contributed by atoms with van der Waals surface area (Å²) in [7, 11) is 0. The van der Waals surface area contributed by atoms with Crippen molar-refractivity contribution in [2.24, 2.45) is 0 Å². The molecule has 3 nitrogen and oxygen atoms in total. The van der Waals surface area contributed by atoms with Crippen molar-refractivity contribution in [3.05, 3.63) is 39.9 Å². The van der Waals surface area contributed by atoms with Crippen molar-refractivity contribution in [3.8, 4) is 0 Å². The van der Waals surface area contributed by atoms with E-state index in [2.05, 4.69) is 0 Å². The van der Waals surface area contributed by atoms with Crippen LogP contribution in [0.25, 0.3) is 0 Å². The minimum Gasteiger partial charge on any atom is -0.258 e. The van der Waals surface area contributed by atoms with E-state index < -0.39 is 8.72 Å². The van der Waals surface area contributed by atoms with E-state index in [-0.39, 0.29) is 11.6 Å². The van der Waals surface area contributed by atoms with E-state index in [0.717, 1.165) is 5.56 Å². The first kappa shape index (κ1) is 13.6. The van der Waals surface area contributed by atoms with Gasteiger partial charge in [-0.2, -0.15) is 0 Å². The zero-order valence-corrected chi connectivity index (χ0v) is 10.8. The maximum Gasteiger partial charge on any atom is 0.269 e. The van der Waals surface area contributed by atoms with Crippen LogP contribution in [0.3, 0.4) is 0 Å². The molecule has 0 aliphatic heterocycles. The summed E-state index contributed by atoms with van der Waals surface area (Å²) in [6, 6.07) is 6.26. The molecular formula is C10H10Cl3NO2. The Labute approximate surface area is 108 Å². The Morgan fingerprint density at radius 1 is 1.31 bits per heavy atom. The van der Waals surface area contributed by atoms with Crippen molar-refractivity contribution in [1.29, 1.82) is 0 Å². The molecule has 0 saturated carbocycles. The molecule has 1 rings (SSSR count). The van der Waals surface area contributed by atoms with E-state index >= 15 is 0 Å². The van der Waals surface area contributed by atoms with Crippen molar-refractivity contribution < 1.29 is 4.92 Å². The van der Waals surface area contributed by atoms with Crippen LogP contribution >= 0.6 is 34.8 Å². The molecule has 16 heavy (non-hydrogen) atoms. The molecule has 0 aromatic heterocycles. The lowest BCUT2D eigenvalue weighted by Gasteiger charge is -2.17. The molecule has 0 heterocycles. The number of alkyl halides is 3. The van der Waals surface area contributed by atoms with Crippen LogP contribution in [0.2, 0.25) is 0 Å². The zero-order chi connectivity index (χ0) is 12.3. The molecule has 0 spiro atoms. The van der Waals surface area contributed by atoms with Crippen LogP contribution in [0.1, 0.15) is 24.8 Å². The molecule has 6 heteroatoms. The van der Waals surface area contributed by atoms with E-state index in [0.29, 0.717) is 6.42 Å². The Hall–Kier alpha value is -0.510. The third-order valence-corrected chi connectivity index (χ3v) is 2.67. The highest BCUT2D eigenvalue weighted by atomic mass is 35.6. The molecule has 0 aliphatic rings. The molecule has 0 saturated heterocycles. The zero-order valence-electron chi connectivity index (χ0n) is 8.49. The maximum absolute atomic E-state index is 10.5. The molecule has 0 radical (unpaired) electrons. The van der Waals surface area contributed by atoms with Gasteiger partial charge in [0, 0.05) is 18.6 Å². The Kier molecular flexibility index (Phi) is 4.42. The second-order valence-corrected chi connectivity index (χ2v) is 6.09. The molecule has 1 atom stereocenters. The van der Waals surface area contributed by atoms with Crippen LogP contribution in [0, 0.1) is 10.1 Å². The highest BCUT2D eigenvalue weighted by Gasteiger charge is 2.24. The van der Waals surface area contributed by atoms with Gasteiger partial charge in [0.2, 0.25) is 0 Å².